The van der Waals surface area contributed by atoms with E-state index in [9.17, 15) is 19.2 Å². The molecule has 0 unspecified atom stereocenters. The average Bonchev–Trinajstić information content (AvgIpc) is 2.60. The summed E-state index contributed by atoms with van der Waals surface area (Å²) in [7, 11) is 0. The number of benzene rings is 2. The zero-order chi connectivity index (χ0) is 20.1. The molecule has 0 atom stereocenters. The Morgan fingerprint density at radius 2 is 1.67 bits per heavy atom. The smallest absolute Gasteiger partial charge is 0.364 e. The minimum absolute atomic E-state index is 0.0636. The maximum atomic E-state index is 12.2. The van der Waals surface area contributed by atoms with E-state index in [1.807, 2.05) is 0 Å². The highest BCUT2D eigenvalue weighted by Gasteiger charge is 2.17. The Balaban J connectivity index is 2.25. The maximum absolute atomic E-state index is 12.2. The van der Waals surface area contributed by atoms with Crippen LogP contribution >= 0.6 is 0 Å². The molecule has 0 aromatic heterocycles. The van der Waals surface area contributed by atoms with Crippen molar-refractivity contribution in [3.63, 3.8) is 0 Å². The molecule has 0 bridgehead atoms. The third-order valence-corrected chi connectivity index (χ3v) is 3.34. The summed E-state index contributed by atoms with van der Waals surface area (Å²) in [4.78, 5) is 50.4. The Kier molecular flexibility index (Phi) is 5.61. The fourth-order valence-electron chi connectivity index (χ4n) is 2.12. The van der Waals surface area contributed by atoms with E-state index in [0.29, 0.717) is 5.69 Å². The van der Waals surface area contributed by atoms with Gasteiger partial charge in [0.25, 0.3) is 0 Å². The predicted octanol–water partition coefficient (Wildman–Crippen LogP) is 1.81. The third kappa shape index (κ3) is 4.72. The summed E-state index contributed by atoms with van der Waals surface area (Å²) in [6.07, 6.45) is 0. The summed E-state index contributed by atoms with van der Waals surface area (Å²) in [5.74, 6) is -3.95. The third-order valence-electron chi connectivity index (χ3n) is 3.34. The number of hydrogen-bond donors (Lipinski definition) is 5. The number of carboxylic acids is 2. The Bertz CT molecular complexity index is 940. The second-order valence-corrected chi connectivity index (χ2v) is 5.35. The van der Waals surface area contributed by atoms with Crippen molar-refractivity contribution in [1.82, 2.24) is 0 Å². The van der Waals surface area contributed by atoms with Gasteiger partial charge in [0.05, 0.1) is 22.4 Å². The zero-order valence-corrected chi connectivity index (χ0v) is 14.0. The van der Waals surface area contributed by atoms with Crippen LogP contribution in [-0.4, -0.2) is 34.0 Å². The lowest BCUT2D eigenvalue weighted by molar-refractivity contribution is -0.114. The molecule has 0 heterocycles. The highest BCUT2D eigenvalue weighted by molar-refractivity contribution is 6.00. The van der Waals surface area contributed by atoms with E-state index in [1.54, 1.807) is 0 Å². The normalized spacial score (nSPS) is 9.96. The number of nitrogens with two attached hydrogens (primary N) is 1. The number of rotatable bonds is 6. The standard InChI is InChI=1S/C17H15N3O7/c1-8(21)19-10-3-5-13(18)12(7-10)17(26)27-20-14-6-9(15(22)23)2-4-11(14)16(24)25/h2-7,20H,18H2,1H3,(H,19,21)(H,22,23)(H,24,25). The first-order chi connectivity index (χ1) is 12.7. The van der Waals surface area contributed by atoms with E-state index in [0.717, 1.165) is 18.2 Å². The number of anilines is 3. The predicted molar refractivity (Wildman–Crippen MR) is 94.6 cm³/mol. The molecule has 10 nitrogen and oxygen atoms in total. The van der Waals surface area contributed by atoms with Gasteiger partial charge in [-0.3, -0.25) is 4.79 Å². The summed E-state index contributed by atoms with van der Waals surface area (Å²) in [5, 5.41) is 20.6. The molecule has 0 saturated heterocycles. The number of hydrogen-bond acceptors (Lipinski definition) is 7. The van der Waals surface area contributed by atoms with Crippen molar-refractivity contribution < 1.29 is 34.2 Å². The van der Waals surface area contributed by atoms with E-state index in [2.05, 4.69) is 10.8 Å². The van der Waals surface area contributed by atoms with Gasteiger partial charge in [0.15, 0.2) is 0 Å². The van der Waals surface area contributed by atoms with Crippen molar-refractivity contribution in [3.8, 4) is 0 Å². The first-order valence-corrected chi connectivity index (χ1v) is 7.44. The van der Waals surface area contributed by atoms with Crippen molar-refractivity contribution in [2.75, 3.05) is 16.5 Å². The molecule has 0 aliphatic rings. The summed E-state index contributed by atoms with van der Waals surface area (Å²) < 4.78 is 0. The number of amides is 1. The van der Waals surface area contributed by atoms with Crippen LogP contribution in [0.2, 0.25) is 0 Å². The molecule has 2 aromatic carbocycles. The van der Waals surface area contributed by atoms with Crippen molar-refractivity contribution in [2.45, 2.75) is 6.92 Å². The highest BCUT2D eigenvalue weighted by Crippen LogP contribution is 2.21. The topological polar surface area (TPSA) is 168 Å². The second-order valence-electron chi connectivity index (χ2n) is 5.35. The molecule has 2 rings (SSSR count). The van der Waals surface area contributed by atoms with Gasteiger partial charge >= 0.3 is 17.9 Å². The van der Waals surface area contributed by atoms with Gasteiger partial charge in [0.2, 0.25) is 5.91 Å². The zero-order valence-electron chi connectivity index (χ0n) is 14.0. The SMILES string of the molecule is CC(=O)Nc1ccc(N)c(C(=O)ONc2cc(C(=O)O)ccc2C(=O)O)c1. The largest absolute Gasteiger partial charge is 0.478 e. The quantitative estimate of drug-likeness (QED) is 0.374. The number of nitrogens with one attached hydrogen (secondary N) is 2. The first-order valence-electron chi connectivity index (χ1n) is 7.44. The van der Waals surface area contributed by atoms with Crippen LogP contribution < -0.4 is 16.5 Å². The summed E-state index contributed by atoms with van der Waals surface area (Å²) >= 11 is 0. The molecule has 0 aliphatic heterocycles. The number of nitrogen functional groups attached to an aromatic ring is 1. The Labute approximate surface area is 152 Å². The van der Waals surface area contributed by atoms with Gasteiger partial charge in [0.1, 0.15) is 0 Å². The Morgan fingerprint density at radius 1 is 0.963 bits per heavy atom. The van der Waals surface area contributed by atoms with Crippen molar-refractivity contribution in [3.05, 3.63) is 53.1 Å². The monoisotopic (exact) mass is 373 g/mol. The first kappa shape index (κ1) is 19.2. The van der Waals surface area contributed by atoms with Crippen LogP contribution in [0, 0.1) is 0 Å². The van der Waals surface area contributed by atoms with Crippen LogP contribution in [0.15, 0.2) is 36.4 Å². The molecule has 0 spiro atoms. The fraction of sp³-hybridized carbons (Fsp3) is 0.0588. The van der Waals surface area contributed by atoms with Gasteiger partial charge in [0, 0.05) is 18.3 Å². The molecule has 1 amide bonds. The molecule has 0 aliphatic carbocycles. The molecule has 2 aromatic rings. The van der Waals surface area contributed by atoms with Gasteiger partial charge in [-0.2, -0.15) is 0 Å². The van der Waals surface area contributed by atoms with Gasteiger partial charge in [-0.15, -0.1) is 0 Å². The van der Waals surface area contributed by atoms with Crippen molar-refractivity contribution >= 4 is 40.9 Å². The Morgan fingerprint density at radius 3 is 2.26 bits per heavy atom. The molecule has 0 radical (unpaired) electrons. The van der Waals surface area contributed by atoms with Gasteiger partial charge < -0.3 is 26.1 Å². The number of carbonyl (C=O) groups excluding carboxylic acids is 2. The molecular formula is C17H15N3O7. The Hall–Kier alpha value is -4.08. The number of carbonyl (C=O) groups is 4. The molecule has 10 heteroatoms. The van der Waals surface area contributed by atoms with E-state index in [4.69, 9.17) is 20.8 Å². The minimum Gasteiger partial charge on any atom is -0.478 e. The van der Waals surface area contributed by atoms with Crippen molar-refractivity contribution in [2.24, 2.45) is 0 Å². The second kappa shape index (κ2) is 7.87. The molecule has 0 saturated carbocycles. The van der Waals surface area contributed by atoms with Crippen LogP contribution in [-0.2, 0) is 9.63 Å². The van der Waals surface area contributed by atoms with Crippen LogP contribution in [0.3, 0.4) is 0 Å². The van der Waals surface area contributed by atoms with Crippen molar-refractivity contribution in [1.29, 1.82) is 0 Å². The molecule has 27 heavy (non-hydrogen) atoms. The van der Waals surface area contributed by atoms with Crippen LogP contribution in [0.25, 0.3) is 0 Å². The van der Waals surface area contributed by atoms with E-state index in [1.165, 1.54) is 25.1 Å². The van der Waals surface area contributed by atoms with Crippen LogP contribution in [0.4, 0.5) is 17.1 Å². The fourth-order valence-corrected chi connectivity index (χ4v) is 2.12. The van der Waals surface area contributed by atoms with E-state index in [-0.39, 0.29) is 34.0 Å². The molecule has 140 valence electrons. The average molecular weight is 373 g/mol. The van der Waals surface area contributed by atoms with Gasteiger partial charge in [-0.1, -0.05) is 0 Å². The number of aromatic carboxylic acids is 2. The lowest BCUT2D eigenvalue weighted by Gasteiger charge is -2.12. The van der Waals surface area contributed by atoms with Gasteiger partial charge in [-0.05, 0) is 36.4 Å². The van der Waals surface area contributed by atoms with E-state index < -0.39 is 17.9 Å². The number of carboxylic acid groups (broad SMARTS) is 2. The van der Waals surface area contributed by atoms with Crippen LogP contribution in [0.1, 0.15) is 38.0 Å². The highest BCUT2D eigenvalue weighted by atomic mass is 16.7. The summed E-state index contributed by atoms with van der Waals surface area (Å²) in [6, 6.07) is 7.33. The summed E-state index contributed by atoms with van der Waals surface area (Å²) in [6.45, 7) is 1.29. The summed E-state index contributed by atoms with van der Waals surface area (Å²) in [5.41, 5.74) is 7.42. The maximum Gasteiger partial charge on any atom is 0.364 e. The van der Waals surface area contributed by atoms with E-state index >= 15 is 0 Å². The molecule has 6 N–H and O–H groups in total. The van der Waals surface area contributed by atoms with Crippen LogP contribution in [0.5, 0.6) is 0 Å². The molecular weight excluding hydrogens is 358 g/mol. The van der Waals surface area contributed by atoms with Gasteiger partial charge in [-0.25, -0.2) is 19.9 Å². The minimum atomic E-state index is -1.35. The lowest BCUT2D eigenvalue weighted by atomic mass is 10.1. The lowest BCUT2D eigenvalue weighted by Crippen LogP contribution is -2.16. The molecule has 0 fully saturated rings.